The molecule has 1 unspecified atom stereocenters. The van der Waals surface area contributed by atoms with Gasteiger partial charge in [0, 0.05) is 5.57 Å². The first-order valence-electron chi connectivity index (χ1n) is 8.15. The van der Waals surface area contributed by atoms with Crippen molar-refractivity contribution in [3.63, 3.8) is 0 Å². The molecule has 4 nitrogen and oxygen atoms in total. The van der Waals surface area contributed by atoms with E-state index in [1.165, 1.54) is 0 Å². The highest BCUT2D eigenvalue weighted by Gasteiger charge is 2.87. The van der Waals surface area contributed by atoms with Gasteiger partial charge in [0.15, 0.2) is 0 Å². The van der Waals surface area contributed by atoms with Crippen LogP contribution in [0.4, 0.5) is 35.1 Å². The van der Waals surface area contributed by atoms with Crippen LogP contribution in [-0.4, -0.2) is 42.4 Å². The van der Waals surface area contributed by atoms with E-state index in [1.807, 2.05) is 0 Å². The van der Waals surface area contributed by atoms with E-state index in [2.05, 4.69) is 16.1 Å². The summed E-state index contributed by atoms with van der Waals surface area (Å²) in [6, 6.07) is 0. The molecule has 0 spiro atoms. The molecule has 0 heterocycles. The summed E-state index contributed by atoms with van der Waals surface area (Å²) in [6.45, 7) is 2.72. The fraction of sp³-hybridized carbons (Fsp3) is 0.750. The van der Waals surface area contributed by atoms with Crippen molar-refractivity contribution in [3.05, 3.63) is 12.2 Å². The van der Waals surface area contributed by atoms with Crippen LogP contribution < -0.4 is 0 Å². The first-order chi connectivity index (χ1) is 12.6. The van der Waals surface area contributed by atoms with Crippen molar-refractivity contribution in [3.8, 4) is 0 Å². The fourth-order valence-corrected chi connectivity index (χ4v) is 2.66. The maximum atomic E-state index is 13.9. The Hall–Kier alpha value is -1.88. The molecule has 12 heteroatoms. The smallest absolute Gasteiger partial charge is 0.458 e. The number of carbonyl (C=O) groups is 2. The molecule has 0 aliphatic heterocycles. The lowest BCUT2D eigenvalue weighted by atomic mass is 9.89. The molecular weight excluding hydrogens is 408 g/mol. The van der Waals surface area contributed by atoms with Gasteiger partial charge in [-0.25, -0.2) is 9.59 Å². The Morgan fingerprint density at radius 1 is 0.929 bits per heavy atom. The average Bonchev–Trinajstić information content (AvgIpc) is 2.55. The summed E-state index contributed by atoms with van der Waals surface area (Å²) in [5.41, 5.74) is -6.82. The molecule has 0 saturated heterocycles. The Morgan fingerprint density at radius 2 is 1.43 bits per heavy atom. The van der Waals surface area contributed by atoms with Crippen molar-refractivity contribution in [2.75, 3.05) is 6.61 Å². The van der Waals surface area contributed by atoms with Crippen molar-refractivity contribution in [2.45, 2.75) is 62.9 Å². The fourth-order valence-electron chi connectivity index (χ4n) is 2.66. The number of ether oxygens (including phenoxy) is 2. The van der Waals surface area contributed by atoms with Gasteiger partial charge in [0.05, 0.1) is 6.61 Å². The normalized spacial score (nSPS) is 18.9. The van der Waals surface area contributed by atoms with Gasteiger partial charge in [-0.15, -0.1) is 0 Å². The quantitative estimate of drug-likeness (QED) is 0.350. The molecule has 0 bridgehead atoms. The highest BCUT2D eigenvalue weighted by molar-refractivity contribution is 5.92. The van der Waals surface area contributed by atoms with E-state index >= 15 is 0 Å². The zero-order valence-electron chi connectivity index (χ0n) is 14.7. The first kappa shape index (κ1) is 24.2. The summed E-state index contributed by atoms with van der Waals surface area (Å²) in [7, 11) is 0. The molecule has 0 aromatic rings. The van der Waals surface area contributed by atoms with Crippen LogP contribution in [0, 0.1) is 5.92 Å². The van der Waals surface area contributed by atoms with E-state index < -0.39 is 53.9 Å². The zero-order chi connectivity index (χ0) is 22.0. The molecule has 1 fully saturated rings. The molecule has 0 amide bonds. The molecule has 1 aliphatic carbocycles. The minimum Gasteiger partial charge on any atom is -0.462 e. The molecular formula is C16H18F8O4. The standard InChI is InChI=1S/C16H18F8O4/c1-9(2)11(25)28-13(15(19,20)21,14(17,18)16(22,23)24)12(26)27-8-10-6-4-3-5-7-10/h10H,1,3-8H2,2H3. The molecule has 0 aromatic carbocycles. The maximum absolute atomic E-state index is 13.9. The van der Waals surface area contributed by atoms with Gasteiger partial charge >= 0.3 is 35.8 Å². The number of carbonyl (C=O) groups excluding carboxylic acids is 2. The summed E-state index contributed by atoms with van der Waals surface area (Å²) in [6.07, 6.45) is -10.6. The van der Waals surface area contributed by atoms with E-state index in [-0.39, 0.29) is 0 Å². The van der Waals surface area contributed by atoms with E-state index in [1.54, 1.807) is 0 Å². The lowest BCUT2D eigenvalue weighted by Gasteiger charge is -2.39. The topological polar surface area (TPSA) is 52.6 Å². The number of alkyl halides is 8. The summed E-state index contributed by atoms with van der Waals surface area (Å²) in [5, 5.41) is 0. The monoisotopic (exact) mass is 426 g/mol. The third-order valence-electron chi connectivity index (χ3n) is 4.25. The number of esters is 2. The van der Waals surface area contributed by atoms with Crippen LogP contribution in [0.5, 0.6) is 0 Å². The SMILES string of the molecule is C=C(C)C(=O)OC(C(=O)OCC1CCCCC1)(C(F)(F)F)C(F)(F)C(F)(F)F. The summed E-state index contributed by atoms with van der Waals surface area (Å²) < 4.78 is 114. The predicted molar refractivity (Wildman–Crippen MR) is 78.2 cm³/mol. The van der Waals surface area contributed by atoms with E-state index in [4.69, 9.17) is 0 Å². The van der Waals surface area contributed by atoms with Gasteiger partial charge in [-0.05, 0) is 25.7 Å². The van der Waals surface area contributed by atoms with Gasteiger partial charge in [0.25, 0.3) is 0 Å². The minimum absolute atomic E-state index is 0.396. The van der Waals surface area contributed by atoms with Crippen molar-refractivity contribution < 1.29 is 54.2 Å². The molecule has 0 aromatic heterocycles. The highest BCUT2D eigenvalue weighted by atomic mass is 19.4. The number of rotatable bonds is 6. The Bertz CT molecular complexity index is 605. The van der Waals surface area contributed by atoms with Crippen LogP contribution in [0.25, 0.3) is 0 Å². The highest BCUT2D eigenvalue weighted by Crippen LogP contribution is 2.53. The van der Waals surface area contributed by atoms with E-state index in [0.717, 1.165) is 6.42 Å². The number of halogens is 8. The van der Waals surface area contributed by atoms with Crippen LogP contribution in [0.15, 0.2) is 12.2 Å². The molecule has 1 rings (SSSR count). The van der Waals surface area contributed by atoms with Gasteiger partial charge in [0.2, 0.25) is 0 Å². The summed E-state index contributed by atoms with van der Waals surface area (Å²) in [5.74, 6) is -12.6. The average molecular weight is 426 g/mol. The van der Waals surface area contributed by atoms with Crippen LogP contribution >= 0.6 is 0 Å². The van der Waals surface area contributed by atoms with Crippen molar-refractivity contribution in [1.29, 1.82) is 0 Å². The van der Waals surface area contributed by atoms with Gasteiger partial charge in [0.1, 0.15) is 0 Å². The van der Waals surface area contributed by atoms with Gasteiger partial charge in [-0.3, -0.25) is 0 Å². The largest absolute Gasteiger partial charge is 0.462 e. The van der Waals surface area contributed by atoms with Crippen LogP contribution in [-0.2, 0) is 19.1 Å². The predicted octanol–water partition coefficient (Wildman–Crippen LogP) is 4.73. The molecule has 1 atom stereocenters. The summed E-state index contributed by atoms with van der Waals surface area (Å²) >= 11 is 0. The Balaban J connectivity index is 3.39. The number of hydrogen-bond donors (Lipinski definition) is 0. The van der Waals surface area contributed by atoms with E-state index in [0.29, 0.717) is 32.6 Å². The van der Waals surface area contributed by atoms with Crippen molar-refractivity contribution in [1.82, 2.24) is 0 Å². The second kappa shape index (κ2) is 8.24. The molecule has 1 aliphatic rings. The Morgan fingerprint density at radius 3 is 1.82 bits per heavy atom. The minimum atomic E-state index is -6.87. The van der Waals surface area contributed by atoms with Crippen LogP contribution in [0.2, 0.25) is 0 Å². The van der Waals surface area contributed by atoms with Crippen LogP contribution in [0.1, 0.15) is 39.0 Å². The molecule has 162 valence electrons. The lowest BCUT2D eigenvalue weighted by molar-refractivity contribution is -0.392. The maximum Gasteiger partial charge on any atom is 0.458 e. The van der Waals surface area contributed by atoms with Gasteiger partial charge in [-0.2, -0.15) is 35.1 Å². The Kier molecular flexibility index (Phi) is 7.11. The summed E-state index contributed by atoms with van der Waals surface area (Å²) in [4.78, 5) is 23.4. The first-order valence-corrected chi connectivity index (χ1v) is 8.15. The van der Waals surface area contributed by atoms with Crippen molar-refractivity contribution >= 4 is 11.9 Å². The third-order valence-corrected chi connectivity index (χ3v) is 4.25. The lowest BCUT2D eigenvalue weighted by Crippen LogP contribution is -2.71. The molecule has 0 radical (unpaired) electrons. The second-order valence-corrected chi connectivity index (χ2v) is 6.52. The Labute approximate surface area is 154 Å². The third kappa shape index (κ3) is 4.57. The van der Waals surface area contributed by atoms with E-state index in [9.17, 15) is 44.7 Å². The zero-order valence-corrected chi connectivity index (χ0v) is 14.7. The molecule has 28 heavy (non-hydrogen) atoms. The van der Waals surface area contributed by atoms with Gasteiger partial charge in [-0.1, -0.05) is 25.8 Å². The molecule has 1 saturated carbocycles. The van der Waals surface area contributed by atoms with Crippen LogP contribution in [0.3, 0.4) is 0 Å². The van der Waals surface area contributed by atoms with Crippen molar-refractivity contribution in [2.24, 2.45) is 5.92 Å². The van der Waals surface area contributed by atoms with Gasteiger partial charge < -0.3 is 9.47 Å². The molecule has 0 N–H and O–H groups in total. The number of hydrogen-bond acceptors (Lipinski definition) is 4. The second-order valence-electron chi connectivity index (χ2n) is 6.52.